The maximum absolute atomic E-state index is 11.0. The Kier molecular flexibility index (Phi) is 4.90. The Morgan fingerprint density at radius 1 is 1.35 bits per heavy atom. The second-order valence-corrected chi connectivity index (χ2v) is 4.10. The van der Waals surface area contributed by atoms with Crippen molar-refractivity contribution in [1.29, 1.82) is 0 Å². The fraction of sp³-hybridized carbons (Fsp3) is 0.333. The minimum atomic E-state index is -0.0838. The first kappa shape index (κ1) is 13.4. The zero-order valence-electron chi connectivity index (χ0n) is 10.3. The van der Waals surface area contributed by atoms with Crippen molar-refractivity contribution < 1.29 is 4.79 Å². The molecular formula is C12H17N3OS. The van der Waals surface area contributed by atoms with Crippen LogP contribution in [-0.2, 0) is 4.79 Å². The maximum Gasteiger partial charge on any atom is 0.221 e. The highest BCUT2D eigenvalue weighted by molar-refractivity contribution is 7.80. The van der Waals surface area contributed by atoms with Crippen LogP contribution >= 0.6 is 12.2 Å². The van der Waals surface area contributed by atoms with Crippen LogP contribution in [0.25, 0.3) is 0 Å². The second kappa shape index (κ2) is 6.20. The van der Waals surface area contributed by atoms with E-state index in [0.29, 0.717) is 5.11 Å². The first-order chi connectivity index (χ1) is 8.02. The molecular weight excluding hydrogens is 234 g/mol. The molecule has 1 aromatic rings. The predicted octanol–water partition coefficient (Wildman–Crippen LogP) is 2.26. The molecule has 0 aliphatic rings. The van der Waals surface area contributed by atoms with Gasteiger partial charge in [-0.15, -0.1) is 0 Å². The van der Waals surface area contributed by atoms with E-state index in [1.165, 1.54) is 6.92 Å². The van der Waals surface area contributed by atoms with Gasteiger partial charge in [0.05, 0.1) is 0 Å². The minimum Gasteiger partial charge on any atom is -0.363 e. The number of anilines is 2. The fourth-order valence-electron chi connectivity index (χ4n) is 1.36. The van der Waals surface area contributed by atoms with E-state index >= 15 is 0 Å². The minimum absolute atomic E-state index is 0.0838. The van der Waals surface area contributed by atoms with Gasteiger partial charge in [0.15, 0.2) is 5.11 Å². The number of carbonyl (C=O) groups excluding carboxylic acids is 1. The van der Waals surface area contributed by atoms with Crippen molar-refractivity contribution in [2.24, 2.45) is 0 Å². The molecule has 0 spiro atoms. The van der Waals surface area contributed by atoms with Crippen molar-refractivity contribution in [3.8, 4) is 0 Å². The fourth-order valence-corrected chi connectivity index (χ4v) is 1.62. The number of nitrogens with one attached hydrogen (secondary N) is 3. The lowest BCUT2D eigenvalue weighted by molar-refractivity contribution is -0.114. The van der Waals surface area contributed by atoms with E-state index in [1.807, 2.05) is 32.0 Å². The monoisotopic (exact) mass is 251 g/mol. The van der Waals surface area contributed by atoms with Crippen molar-refractivity contribution in [2.45, 2.75) is 20.8 Å². The molecule has 0 aliphatic heterocycles. The van der Waals surface area contributed by atoms with Gasteiger partial charge in [-0.2, -0.15) is 0 Å². The first-order valence-corrected chi connectivity index (χ1v) is 5.87. The molecule has 4 nitrogen and oxygen atoms in total. The van der Waals surface area contributed by atoms with E-state index in [-0.39, 0.29) is 5.91 Å². The van der Waals surface area contributed by atoms with Crippen LogP contribution in [0.4, 0.5) is 11.4 Å². The van der Waals surface area contributed by atoms with Gasteiger partial charge in [-0.05, 0) is 43.8 Å². The summed E-state index contributed by atoms with van der Waals surface area (Å²) in [5.74, 6) is -0.0838. The summed E-state index contributed by atoms with van der Waals surface area (Å²) in [6.45, 7) is 6.18. The van der Waals surface area contributed by atoms with E-state index in [4.69, 9.17) is 12.2 Å². The SMILES string of the molecule is CCNC(=S)Nc1ccc(C)c(NC(C)=O)c1. The van der Waals surface area contributed by atoms with Crippen LogP contribution < -0.4 is 16.0 Å². The predicted molar refractivity (Wildman–Crippen MR) is 75.4 cm³/mol. The zero-order chi connectivity index (χ0) is 12.8. The molecule has 0 heterocycles. The van der Waals surface area contributed by atoms with Crippen LogP contribution in [0, 0.1) is 6.92 Å². The molecule has 0 bridgehead atoms. The zero-order valence-corrected chi connectivity index (χ0v) is 11.1. The molecule has 1 rings (SSSR count). The van der Waals surface area contributed by atoms with Gasteiger partial charge in [-0.3, -0.25) is 4.79 Å². The van der Waals surface area contributed by atoms with Gasteiger partial charge in [0.1, 0.15) is 0 Å². The van der Waals surface area contributed by atoms with E-state index in [0.717, 1.165) is 23.5 Å². The normalized spacial score (nSPS) is 9.59. The molecule has 0 aliphatic carbocycles. The number of amides is 1. The van der Waals surface area contributed by atoms with Gasteiger partial charge in [0.25, 0.3) is 0 Å². The van der Waals surface area contributed by atoms with Crippen molar-refractivity contribution in [1.82, 2.24) is 5.32 Å². The van der Waals surface area contributed by atoms with Gasteiger partial charge in [0.2, 0.25) is 5.91 Å². The number of benzene rings is 1. The van der Waals surface area contributed by atoms with Crippen molar-refractivity contribution in [2.75, 3.05) is 17.2 Å². The van der Waals surface area contributed by atoms with E-state index in [9.17, 15) is 4.79 Å². The van der Waals surface area contributed by atoms with Crippen molar-refractivity contribution >= 4 is 34.6 Å². The summed E-state index contributed by atoms with van der Waals surface area (Å²) in [5.41, 5.74) is 2.66. The number of rotatable bonds is 3. The third-order valence-corrected chi connectivity index (χ3v) is 2.39. The number of thiocarbonyl (C=S) groups is 1. The summed E-state index contributed by atoms with van der Waals surface area (Å²) in [6.07, 6.45) is 0. The molecule has 0 aromatic heterocycles. The Hall–Kier alpha value is -1.62. The summed E-state index contributed by atoms with van der Waals surface area (Å²) in [7, 11) is 0. The average molecular weight is 251 g/mol. The third kappa shape index (κ3) is 4.40. The lowest BCUT2D eigenvalue weighted by Gasteiger charge is -2.12. The van der Waals surface area contributed by atoms with Gasteiger partial charge >= 0.3 is 0 Å². The summed E-state index contributed by atoms with van der Waals surface area (Å²) in [5, 5.41) is 9.40. The average Bonchev–Trinajstić information content (AvgIpc) is 2.22. The number of hydrogen-bond acceptors (Lipinski definition) is 2. The molecule has 0 saturated carbocycles. The molecule has 0 atom stereocenters. The van der Waals surface area contributed by atoms with Gasteiger partial charge < -0.3 is 16.0 Å². The largest absolute Gasteiger partial charge is 0.363 e. The number of aryl methyl sites for hydroxylation is 1. The second-order valence-electron chi connectivity index (χ2n) is 3.70. The van der Waals surface area contributed by atoms with Gasteiger partial charge in [-0.25, -0.2) is 0 Å². The highest BCUT2D eigenvalue weighted by Gasteiger charge is 2.03. The molecule has 0 radical (unpaired) electrons. The Balaban J connectivity index is 2.81. The first-order valence-electron chi connectivity index (χ1n) is 5.46. The molecule has 92 valence electrons. The van der Waals surface area contributed by atoms with E-state index < -0.39 is 0 Å². The van der Waals surface area contributed by atoms with Gasteiger partial charge in [0, 0.05) is 24.8 Å². The summed E-state index contributed by atoms with van der Waals surface area (Å²) >= 11 is 5.09. The third-order valence-electron chi connectivity index (χ3n) is 2.14. The van der Waals surface area contributed by atoms with Crippen LogP contribution in [0.5, 0.6) is 0 Å². The van der Waals surface area contributed by atoms with E-state index in [1.54, 1.807) is 0 Å². The summed E-state index contributed by atoms with van der Waals surface area (Å²) < 4.78 is 0. The molecule has 0 fully saturated rings. The smallest absolute Gasteiger partial charge is 0.221 e. The molecule has 17 heavy (non-hydrogen) atoms. The van der Waals surface area contributed by atoms with Crippen LogP contribution in [0.2, 0.25) is 0 Å². The van der Waals surface area contributed by atoms with Crippen molar-refractivity contribution in [3.63, 3.8) is 0 Å². The Labute approximate surface area is 107 Å². The van der Waals surface area contributed by atoms with Crippen molar-refractivity contribution in [3.05, 3.63) is 23.8 Å². The van der Waals surface area contributed by atoms with Crippen LogP contribution in [-0.4, -0.2) is 17.6 Å². The summed E-state index contributed by atoms with van der Waals surface area (Å²) in [4.78, 5) is 11.0. The quantitative estimate of drug-likeness (QED) is 0.721. The standard InChI is InChI=1S/C12H17N3OS/c1-4-13-12(17)15-10-6-5-8(2)11(7-10)14-9(3)16/h5-7H,4H2,1-3H3,(H,14,16)(H2,13,15,17). The highest BCUT2D eigenvalue weighted by atomic mass is 32.1. The molecule has 0 unspecified atom stereocenters. The highest BCUT2D eigenvalue weighted by Crippen LogP contribution is 2.20. The Morgan fingerprint density at radius 2 is 2.06 bits per heavy atom. The lowest BCUT2D eigenvalue weighted by Crippen LogP contribution is -2.27. The lowest BCUT2D eigenvalue weighted by atomic mass is 10.2. The van der Waals surface area contributed by atoms with Crippen LogP contribution in [0.1, 0.15) is 19.4 Å². The summed E-state index contributed by atoms with van der Waals surface area (Å²) in [6, 6.07) is 5.72. The molecule has 3 N–H and O–H groups in total. The molecule has 0 saturated heterocycles. The Morgan fingerprint density at radius 3 is 2.65 bits per heavy atom. The van der Waals surface area contributed by atoms with Crippen LogP contribution in [0.15, 0.2) is 18.2 Å². The Bertz CT molecular complexity index is 432. The number of carbonyl (C=O) groups is 1. The maximum atomic E-state index is 11.0. The van der Waals surface area contributed by atoms with Gasteiger partial charge in [-0.1, -0.05) is 6.07 Å². The molecule has 1 amide bonds. The molecule has 1 aromatic carbocycles. The molecule has 5 heteroatoms. The topological polar surface area (TPSA) is 53.2 Å². The van der Waals surface area contributed by atoms with E-state index in [2.05, 4.69) is 16.0 Å². The number of hydrogen-bond donors (Lipinski definition) is 3. The van der Waals surface area contributed by atoms with Crippen LogP contribution in [0.3, 0.4) is 0 Å².